The smallest absolute Gasteiger partial charge is 0.475 e. The molecule has 0 aromatic carbocycles. The van der Waals surface area contributed by atoms with Crippen LogP contribution in [-0.4, -0.2) is 92.2 Å². The molecule has 1 atom stereocenters. The van der Waals surface area contributed by atoms with Gasteiger partial charge in [0.05, 0.1) is 5.69 Å². The number of aromatic nitrogens is 2. The molecule has 3 N–H and O–H groups in total. The summed E-state index contributed by atoms with van der Waals surface area (Å²) in [4.78, 5) is 52.1. The van der Waals surface area contributed by atoms with Crippen LogP contribution in [0.5, 0.6) is 0 Å². The highest BCUT2D eigenvalue weighted by molar-refractivity contribution is 5.95. The van der Waals surface area contributed by atoms with Gasteiger partial charge in [0, 0.05) is 43.9 Å². The largest absolute Gasteiger partial charge is 0.490 e. The van der Waals surface area contributed by atoms with Crippen LogP contribution in [-0.2, 0) is 25.7 Å². The molecule has 1 spiro atoms. The lowest BCUT2D eigenvalue weighted by molar-refractivity contribution is -0.193. The molecule has 2 aromatic rings. The van der Waals surface area contributed by atoms with Crippen molar-refractivity contribution >= 4 is 29.6 Å². The lowest BCUT2D eigenvalue weighted by Gasteiger charge is -2.23. The second kappa shape index (κ2) is 15.3. The predicted molar refractivity (Wildman–Crippen MR) is 129 cm³/mol. The fourth-order valence-corrected chi connectivity index (χ4v) is 3.77. The lowest BCUT2D eigenvalue weighted by atomic mass is 9.86. The zero-order chi connectivity index (χ0) is 33.9. The second-order valence-electron chi connectivity index (χ2n) is 9.04. The van der Waals surface area contributed by atoms with Crippen molar-refractivity contribution in [2.75, 3.05) is 24.5 Å². The number of alkyl halides is 9. The normalized spacial score (nSPS) is 18.3. The molecule has 2 aromatic heterocycles. The maximum Gasteiger partial charge on any atom is 0.490 e. The Balaban J connectivity index is 0.000000379. The third-order valence-corrected chi connectivity index (χ3v) is 5.60. The molecule has 44 heavy (non-hydrogen) atoms. The van der Waals surface area contributed by atoms with Crippen LogP contribution in [0.15, 0.2) is 48.8 Å². The van der Waals surface area contributed by atoms with Crippen molar-refractivity contribution < 1.29 is 74.0 Å². The van der Waals surface area contributed by atoms with Crippen LogP contribution in [0, 0.1) is 5.41 Å². The Kier molecular flexibility index (Phi) is 13.1. The maximum absolute atomic E-state index is 12.5. The first kappa shape index (κ1) is 37.5. The molecule has 2 saturated heterocycles. The van der Waals surface area contributed by atoms with Gasteiger partial charge in [0.2, 0.25) is 5.91 Å². The van der Waals surface area contributed by atoms with Gasteiger partial charge in [-0.15, -0.1) is 0 Å². The SMILES string of the molecule is O=C(O)C(F)(F)F.O=C(O)C(F)(F)F.O=C(O)C(F)(F)F.O=C1CC2(CCN(Cc3ccccn3)C2)CN1c1ccccn1. The summed E-state index contributed by atoms with van der Waals surface area (Å²) in [6.45, 7) is 3.63. The number of pyridine rings is 2. The lowest BCUT2D eigenvalue weighted by Crippen LogP contribution is -2.31. The number of rotatable bonds is 3. The number of carbonyl (C=O) groups is 4. The molecule has 4 rings (SSSR count). The monoisotopic (exact) mass is 650 g/mol. The molecule has 244 valence electrons. The number of aliphatic carboxylic acids is 3. The van der Waals surface area contributed by atoms with Gasteiger partial charge < -0.3 is 15.3 Å². The third-order valence-electron chi connectivity index (χ3n) is 5.60. The van der Waals surface area contributed by atoms with E-state index in [-0.39, 0.29) is 11.3 Å². The van der Waals surface area contributed by atoms with Crippen LogP contribution in [0.1, 0.15) is 18.5 Å². The van der Waals surface area contributed by atoms with Gasteiger partial charge in [-0.2, -0.15) is 39.5 Å². The van der Waals surface area contributed by atoms with Crippen LogP contribution >= 0.6 is 0 Å². The molecule has 20 heteroatoms. The zero-order valence-electron chi connectivity index (χ0n) is 22.0. The number of nitrogens with zero attached hydrogens (tertiary/aromatic N) is 4. The number of halogens is 9. The van der Waals surface area contributed by atoms with Gasteiger partial charge in [0.25, 0.3) is 0 Å². The molecular formula is C24H23F9N4O7. The summed E-state index contributed by atoms with van der Waals surface area (Å²) in [6, 6.07) is 11.8. The number of hydrogen-bond donors (Lipinski definition) is 3. The van der Waals surface area contributed by atoms with Gasteiger partial charge in [0.15, 0.2) is 0 Å². The molecule has 2 aliphatic heterocycles. The average molecular weight is 650 g/mol. The van der Waals surface area contributed by atoms with E-state index in [1.54, 1.807) is 6.20 Å². The predicted octanol–water partition coefficient (Wildman–Crippen LogP) is 4.01. The molecule has 1 amide bonds. The highest BCUT2D eigenvalue weighted by Crippen LogP contribution is 2.41. The van der Waals surface area contributed by atoms with Gasteiger partial charge in [-0.05, 0) is 37.2 Å². The first-order valence-corrected chi connectivity index (χ1v) is 11.8. The van der Waals surface area contributed by atoms with Gasteiger partial charge >= 0.3 is 36.4 Å². The minimum Gasteiger partial charge on any atom is -0.475 e. The van der Waals surface area contributed by atoms with E-state index in [0.717, 1.165) is 44.1 Å². The van der Waals surface area contributed by atoms with Crippen LogP contribution in [0.4, 0.5) is 45.3 Å². The van der Waals surface area contributed by atoms with Crippen molar-refractivity contribution in [3.63, 3.8) is 0 Å². The average Bonchev–Trinajstić information content (AvgIpc) is 3.45. The minimum atomic E-state index is -5.08. The van der Waals surface area contributed by atoms with Crippen LogP contribution < -0.4 is 4.90 Å². The van der Waals surface area contributed by atoms with E-state index >= 15 is 0 Å². The van der Waals surface area contributed by atoms with Crippen molar-refractivity contribution in [3.05, 3.63) is 54.5 Å². The third kappa shape index (κ3) is 12.8. The number of anilines is 1. The second-order valence-corrected chi connectivity index (χ2v) is 9.04. The highest BCUT2D eigenvalue weighted by Gasteiger charge is 2.48. The number of carboxylic acids is 3. The maximum atomic E-state index is 12.5. The number of amides is 1. The first-order chi connectivity index (χ1) is 20.1. The van der Waals surface area contributed by atoms with Crippen LogP contribution in [0.25, 0.3) is 0 Å². The summed E-state index contributed by atoms with van der Waals surface area (Å²) in [6.07, 6.45) is -9.98. The molecule has 4 heterocycles. The highest BCUT2D eigenvalue weighted by atomic mass is 19.4. The Labute approximate surface area is 241 Å². The Hall–Kier alpha value is -4.49. The fourth-order valence-electron chi connectivity index (χ4n) is 3.77. The van der Waals surface area contributed by atoms with Gasteiger partial charge in [-0.3, -0.25) is 19.6 Å². The summed E-state index contributed by atoms with van der Waals surface area (Å²) in [5.41, 5.74) is 1.17. The first-order valence-electron chi connectivity index (χ1n) is 11.8. The quantitative estimate of drug-likeness (QED) is 0.414. The Bertz CT molecular complexity index is 1200. The molecule has 0 bridgehead atoms. The number of likely N-dealkylation sites (tertiary alicyclic amines) is 1. The van der Waals surface area contributed by atoms with Crippen molar-refractivity contribution in [3.8, 4) is 0 Å². The summed E-state index contributed by atoms with van der Waals surface area (Å²) in [7, 11) is 0. The van der Waals surface area contributed by atoms with Crippen molar-refractivity contribution in [2.45, 2.75) is 37.9 Å². The van der Waals surface area contributed by atoms with E-state index in [4.69, 9.17) is 29.7 Å². The summed E-state index contributed by atoms with van der Waals surface area (Å²) < 4.78 is 95.2. The van der Waals surface area contributed by atoms with Gasteiger partial charge in [0.1, 0.15) is 5.82 Å². The van der Waals surface area contributed by atoms with E-state index in [2.05, 4.69) is 20.9 Å². The number of hydrogen-bond acceptors (Lipinski definition) is 7. The molecular weight excluding hydrogens is 627 g/mol. The van der Waals surface area contributed by atoms with Crippen molar-refractivity contribution in [1.82, 2.24) is 14.9 Å². The summed E-state index contributed by atoms with van der Waals surface area (Å²) >= 11 is 0. The van der Waals surface area contributed by atoms with E-state index in [1.807, 2.05) is 41.4 Å². The van der Waals surface area contributed by atoms with Crippen molar-refractivity contribution in [2.24, 2.45) is 5.41 Å². The van der Waals surface area contributed by atoms with Crippen LogP contribution in [0.3, 0.4) is 0 Å². The standard InChI is InChI=1S/C18H20N4O.3C2HF3O2/c23-17-11-18(14-22(17)16-6-2-4-9-20-16)7-10-21(13-18)12-15-5-1-3-8-19-15;3*3-2(4,5)1(6)7/h1-6,8-9H,7,10-14H2;3*(H,6,7). The van der Waals surface area contributed by atoms with Crippen molar-refractivity contribution in [1.29, 1.82) is 0 Å². The number of carbonyl (C=O) groups excluding carboxylic acids is 1. The van der Waals surface area contributed by atoms with Gasteiger partial charge in [-0.1, -0.05) is 12.1 Å². The Morgan fingerprint density at radius 2 is 1.20 bits per heavy atom. The van der Waals surface area contributed by atoms with E-state index in [9.17, 15) is 44.3 Å². The minimum absolute atomic E-state index is 0.0728. The summed E-state index contributed by atoms with van der Waals surface area (Å²) in [5.74, 6) is -7.30. The molecule has 2 aliphatic rings. The van der Waals surface area contributed by atoms with E-state index < -0.39 is 36.4 Å². The van der Waals surface area contributed by atoms with Crippen LogP contribution in [0.2, 0.25) is 0 Å². The van der Waals surface area contributed by atoms with E-state index in [1.165, 1.54) is 0 Å². The topological polar surface area (TPSA) is 161 Å². The van der Waals surface area contributed by atoms with Gasteiger partial charge in [-0.25, -0.2) is 19.4 Å². The molecule has 0 aliphatic carbocycles. The zero-order valence-corrected chi connectivity index (χ0v) is 22.0. The molecule has 1 unspecified atom stereocenters. The number of carboxylic acid groups (broad SMARTS) is 3. The Morgan fingerprint density at radius 1 is 0.750 bits per heavy atom. The molecule has 11 nitrogen and oxygen atoms in total. The molecule has 2 fully saturated rings. The van der Waals surface area contributed by atoms with E-state index in [0.29, 0.717) is 6.42 Å². The fraction of sp³-hybridized carbons (Fsp3) is 0.417. The molecule has 0 saturated carbocycles. The summed E-state index contributed by atoms with van der Waals surface area (Å²) in [5, 5.41) is 21.4. The molecule has 0 radical (unpaired) electrons. The Morgan fingerprint density at radius 3 is 1.59 bits per heavy atom.